The zero-order chi connectivity index (χ0) is 21.5. The lowest BCUT2D eigenvalue weighted by atomic mass is 9.91. The van der Waals surface area contributed by atoms with E-state index in [0.717, 1.165) is 11.8 Å². The van der Waals surface area contributed by atoms with Crippen molar-refractivity contribution in [2.24, 2.45) is 22.6 Å². The van der Waals surface area contributed by atoms with E-state index in [2.05, 4.69) is 15.7 Å². The minimum Gasteiger partial charge on any atom is -0.476 e. The van der Waals surface area contributed by atoms with Gasteiger partial charge in [-0.05, 0) is 49.0 Å². The van der Waals surface area contributed by atoms with Crippen LogP contribution in [0.1, 0.15) is 31.7 Å². The van der Waals surface area contributed by atoms with Gasteiger partial charge in [0, 0.05) is 41.5 Å². The van der Waals surface area contributed by atoms with Gasteiger partial charge in [0.05, 0.1) is 19.1 Å². The summed E-state index contributed by atoms with van der Waals surface area (Å²) in [6, 6.07) is 1.78. The molecular weight excluding hydrogens is 400 g/mol. The molecule has 0 saturated heterocycles. The second-order valence-electron chi connectivity index (χ2n) is 7.33. The van der Waals surface area contributed by atoms with E-state index in [0.29, 0.717) is 53.2 Å². The number of carbonyl (C=O) groups is 1. The fourth-order valence-corrected chi connectivity index (χ4v) is 3.15. The van der Waals surface area contributed by atoms with Gasteiger partial charge in [0.1, 0.15) is 5.02 Å². The Labute approximate surface area is 181 Å². The van der Waals surface area contributed by atoms with E-state index in [-0.39, 0.29) is 5.78 Å². The lowest BCUT2D eigenvalue weighted by molar-refractivity contribution is -0.117. The molecule has 1 fully saturated rings. The number of pyridine rings is 1. The molecule has 0 spiro atoms. The van der Waals surface area contributed by atoms with Crippen LogP contribution in [0.3, 0.4) is 0 Å². The Kier molecular flexibility index (Phi) is 7.39. The molecule has 3 rings (SSSR count). The van der Waals surface area contributed by atoms with Crippen molar-refractivity contribution in [1.29, 1.82) is 5.41 Å². The number of ether oxygens (including phenoxy) is 1. The molecule has 7 heteroatoms. The molecule has 0 amide bonds. The smallest absolute Gasteiger partial charge is 0.232 e. The van der Waals surface area contributed by atoms with Crippen molar-refractivity contribution in [3.63, 3.8) is 0 Å². The van der Waals surface area contributed by atoms with E-state index in [1.807, 2.05) is 6.92 Å². The highest BCUT2D eigenvalue weighted by Gasteiger charge is 2.23. The second-order valence-corrected chi connectivity index (χ2v) is 7.73. The van der Waals surface area contributed by atoms with E-state index >= 15 is 0 Å². The van der Waals surface area contributed by atoms with Crippen molar-refractivity contribution in [3.8, 4) is 5.88 Å². The Hall–Kier alpha value is -2.95. The van der Waals surface area contributed by atoms with E-state index in [4.69, 9.17) is 27.5 Å². The number of nitrogens with zero attached hydrogens (tertiary/aromatic N) is 2. The Balaban J connectivity index is 1.72. The van der Waals surface area contributed by atoms with Crippen LogP contribution in [0.2, 0.25) is 5.02 Å². The third-order valence-corrected chi connectivity index (χ3v) is 5.21. The van der Waals surface area contributed by atoms with Crippen LogP contribution in [-0.4, -0.2) is 29.8 Å². The third-order valence-electron chi connectivity index (χ3n) is 4.94. The maximum Gasteiger partial charge on any atom is 0.232 e. The molecule has 1 saturated carbocycles. The summed E-state index contributed by atoms with van der Waals surface area (Å²) in [6.07, 6.45) is 12.3. The Morgan fingerprint density at radius 1 is 1.53 bits per heavy atom. The lowest BCUT2D eigenvalue weighted by Gasteiger charge is -2.13. The zero-order valence-corrected chi connectivity index (χ0v) is 17.7. The molecule has 0 bridgehead atoms. The van der Waals surface area contributed by atoms with Crippen LogP contribution in [-0.2, 0) is 11.3 Å². The lowest BCUT2D eigenvalue weighted by Crippen LogP contribution is -2.20. The van der Waals surface area contributed by atoms with E-state index in [1.165, 1.54) is 12.8 Å². The molecule has 1 aromatic heterocycles. The summed E-state index contributed by atoms with van der Waals surface area (Å²) in [7, 11) is 0. The quantitative estimate of drug-likeness (QED) is 0.434. The monoisotopic (exact) mass is 424 g/mol. The predicted molar refractivity (Wildman–Crippen MR) is 119 cm³/mol. The number of aliphatic imine (C=N–C) groups is 1. The number of nitrogens with two attached hydrogens (primary N) is 1. The highest BCUT2D eigenvalue weighted by Crippen LogP contribution is 2.31. The van der Waals surface area contributed by atoms with Gasteiger partial charge in [0.15, 0.2) is 5.78 Å². The van der Waals surface area contributed by atoms with Crippen LogP contribution in [0.25, 0.3) is 0 Å². The summed E-state index contributed by atoms with van der Waals surface area (Å²) in [6.45, 7) is 2.85. The maximum absolute atomic E-state index is 12.8. The van der Waals surface area contributed by atoms with Crippen molar-refractivity contribution in [1.82, 2.24) is 4.98 Å². The number of carbonyl (C=O) groups excluding carboxylic acids is 1. The van der Waals surface area contributed by atoms with Crippen molar-refractivity contribution < 1.29 is 9.53 Å². The predicted octanol–water partition coefficient (Wildman–Crippen LogP) is 4.20. The normalized spacial score (nSPS) is 17.1. The average Bonchev–Trinajstić information content (AvgIpc) is 3.57. The first-order valence-corrected chi connectivity index (χ1v) is 10.4. The van der Waals surface area contributed by atoms with Gasteiger partial charge in [-0.25, -0.2) is 4.98 Å². The molecule has 1 heterocycles. The van der Waals surface area contributed by atoms with Crippen molar-refractivity contribution in [3.05, 3.63) is 63.7 Å². The number of rotatable bonds is 10. The summed E-state index contributed by atoms with van der Waals surface area (Å²) in [5.41, 5.74) is 11.2. The topological polar surface area (TPSA) is 101 Å². The summed E-state index contributed by atoms with van der Waals surface area (Å²) >= 11 is 6.28. The first kappa shape index (κ1) is 21.8. The van der Waals surface area contributed by atoms with Crippen LogP contribution in [0.5, 0.6) is 5.88 Å². The van der Waals surface area contributed by atoms with Crippen molar-refractivity contribution in [2.45, 2.75) is 32.7 Å². The number of aromatic nitrogens is 1. The highest BCUT2D eigenvalue weighted by molar-refractivity contribution is 6.31. The molecule has 1 atom stereocenters. The summed E-state index contributed by atoms with van der Waals surface area (Å²) < 4.78 is 5.64. The standard InChI is InChI=1S/C23H25ClN4O2/c1-2-17(10-25)22(29)18-5-3-4-6-21(26)19(18)13-27-11-16-9-20(24)23(28-12-16)30-14-15-7-8-15/h3,5-6,9-10,12-13,15,17,25H,2,7-8,11,14,26H2,1H3. The van der Waals surface area contributed by atoms with Crippen LogP contribution < -0.4 is 10.5 Å². The molecule has 6 nitrogen and oxygen atoms in total. The van der Waals surface area contributed by atoms with Gasteiger partial charge in [-0.3, -0.25) is 9.79 Å². The van der Waals surface area contributed by atoms with E-state index in [1.54, 1.807) is 36.7 Å². The van der Waals surface area contributed by atoms with Gasteiger partial charge < -0.3 is 15.9 Å². The number of Topliss-reactive ketones (excluding diaryl/α,β-unsaturated/α-hetero) is 1. The number of allylic oxidation sites excluding steroid dienone is 4. The Morgan fingerprint density at radius 2 is 2.33 bits per heavy atom. The van der Waals surface area contributed by atoms with Crippen LogP contribution in [0.4, 0.5) is 0 Å². The Bertz CT molecular complexity index is 983. The van der Waals surface area contributed by atoms with Crippen molar-refractivity contribution >= 4 is 29.8 Å². The molecule has 1 unspecified atom stereocenters. The van der Waals surface area contributed by atoms with Crippen LogP contribution in [0, 0.1) is 17.2 Å². The molecule has 156 valence electrons. The van der Waals surface area contributed by atoms with Gasteiger partial charge in [0.25, 0.3) is 0 Å². The molecule has 0 aliphatic heterocycles. The van der Waals surface area contributed by atoms with Gasteiger partial charge in [0.2, 0.25) is 5.88 Å². The van der Waals surface area contributed by atoms with Crippen molar-refractivity contribution in [2.75, 3.05) is 6.61 Å². The summed E-state index contributed by atoms with van der Waals surface area (Å²) in [4.78, 5) is 21.6. The molecule has 2 aliphatic rings. The molecule has 30 heavy (non-hydrogen) atoms. The first-order chi connectivity index (χ1) is 14.5. The van der Waals surface area contributed by atoms with Gasteiger partial charge in [-0.2, -0.15) is 0 Å². The minimum absolute atomic E-state index is 0.160. The molecular formula is C23H25ClN4O2. The van der Waals surface area contributed by atoms with Crippen LogP contribution in [0.15, 0.2) is 58.1 Å². The second kappa shape index (κ2) is 10.2. The number of halogens is 1. The van der Waals surface area contributed by atoms with Crippen LogP contribution >= 0.6 is 11.6 Å². The fourth-order valence-electron chi connectivity index (χ4n) is 2.91. The zero-order valence-electron chi connectivity index (χ0n) is 16.9. The first-order valence-electron chi connectivity index (χ1n) is 9.98. The van der Waals surface area contributed by atoms with Gasteiger partial charge in [-0.15, -0.1) is 5.73 Å². The fraction of sp³-hybridized carbons (Fsp3) is 0.348. The van der Waals surface area contributed by atoms with E-state index in [9.17, 15) is 4.79 Å². The van der Waals surface area contributed by atoms with Gasteiger partial charge in [-0.1, -0.05) is 18.5 Å². The third kappa shape index (κ3) is 5.56. The molecule has 3 N–H and O–H groups in total. The van der Waals surface area contributed by atoms with E-state index < -0.39 is 5.92 Å². The SMILES string of the molecule is CCC(C=N)C(=O)C1=CC=C=CC(N)=C1C=NCc1cnc(OCC2CC2)c(Cl)c1. The highest BCUT2D eigenvalue weighted by atomic mass is 35.5. The molecule has 1 aromatic rings. The number of nitrogens with one attached hydrogen (secondary N) is 1. The molecule has 0 aromatic carbocycles. The number of ketones is 1. The minimum atomic E-state index is -0.495. The maximum atomic E-state index is 12.8. The van der Waals surface area contributed by atoms with Gasteiger partial charge >= 0.3 is 0 Å². The number of hydrogen-bond donors (Lipinski definition) is 2. The Morgan fingerprint density at radius 3 is 3.00 bits per heavy atom. The average molecular weight is 425 g/mol. The number of hydrogen-bond acceptors (Lipinski definition) is 6. The molecule has 0 radical (unpaired) electrons. The summed E-state index contributed by atoms with van der Waals surface area (Å²) in [5.74, 6) is 0.410. The molecule has 2 aliphatic carbocycles. The largest absolute Gasteiger partial charge is 0.476 e. The summed E-state index contributed by atoms with van der Waals surface area (Å²) in [5, 5.41) is 7.96.